The number of nitrogens with zero attached hydrogens (tertiary/aromatic N) is 1. The SMILES string of the molecule is COC(=O)c1ccc(C(=O)OCC(=O)Nc2cccc(S(=O)(=O)N3CCCC3)c2)cc1. The molecule has 164 valence electrons. The zero-order chi connectivity index (χ0) is 22.4. The van der Waals surface area contributed by atoms with Crippen molar-refractivity contribution in [3.8, 4) is 0 Å². The Morgan fingerprint density at radius 1 is 0.968 bits per heavy atom. The van der Waals surface area contributed by atoms with Crippen LogP contribution in [-0.4, -0.2) is 57.4 Å². The molecule has 1 N–H and O–H groups in total. The van der Waals surface area contributed by atoms with Crippen LogP contribution < -0.4 is 5.32 Å². The Kier molecular flexibility index (Phi) is 7.03. The number of amides is 1. The van der Waals surface area contributed by atoms with Crippen molar-refractivity contribution in [3.05, 3.63) is 59.7 Å². The summed E-state index contributed by atoms with van der Waals surface area (Å²) >= 11 is 0. The average Bonchev–Trinajstić information content (AvgIpc) is 3.33. The van der Waals surface area contributed by atoms with Gasteiger partial charge in [-0.15, -0.1) is 0 Å². The van der Waals surface area contributed by atoms with E-state index in [0.29, 0.717) is 13.1 Å². The van der Waals surface area contributed by atoms with E-state index in [1.165, 1.54) is 53.9 Å². The Bertz CT molecular complexity index is 1080. The normalized spacial score (nSPS) is 14.1. The molecule has 0 aromatic heterocycles. The van der Waals surface area contributed by atoms with Crippen LogP contribution >= 0.6 is 0 Å². The van der Waals surface area contributed by atoms with Crippen molar-refractivity contribution in [2.24, 2.45) is 0 Å². The summed E-state index contributed by atoms with van der Waals surface area (Å²) in [6.07, 6.45) is 1.65. The van der Waals surface area contributed by atoms with Gasteiger partial charge in [-0.05, 0) is 55.3 Å². The summed E-state index contributed by atoms with van der Waals surface area (Å²) in [4.78, 5) is 35.7. The fourth-order valence-corrected chi connectivity index (χ4v) is 4.65. The van der Waals surface area contributed by atoms with Gasteiger partial charge in [-0.25, -0.2) is 18.0 Å². The number of rotatable bonds is 7. The third-order valence-corrected chi connectivity index (χ3v) is 6.59. The average molecular weight is 446 g/mol. The summed E-state index contributed by atoms with van der Waals surface area (Å²) < 4.78 is 36.3. The van der Waals surface area contributed by atoms with Crippen molar-refractivity contribution in [2.45, 2.75) is 17.7 Å². The van der Waals surface area contributed by atoms with Crippen molar-refractivity contribution < 1.29 is 32.3 Å². The number of nitrogens with one attached hydrogen (secondary N) is 1. The Morgan fingerprint density at radius 3 is 2.19 bits per heavy atom. The van der Waals surface area contributed by atoms with Crippen LogP contribution in [0.15, 0.2) is 53.4 Å². The fourth-order valence-electron chi connectivity index (χ4n) is 3.08. The molecule has 1 heterocycles. The second-order valence-electron chi connectivity index (χ2n) is 6.83. The molecule has 1 fully saturated rings. The molecule has 0 saturated carbocycles. The van der Waals surface area contributed by atoms with E-state index in [1.807, 2.05) is 0 Å². The van der Waals surface area contributed by atoms with E-state index in [2.05, 4.69) is 10.1 Å². The van der Waals surface area contributed by atoms with Crippen LogP contribution in [0.25, 0.3) is 0 Å². The summed E-state index contributed by atoms with van der Waals surface area (Å²) in [5.41, 5.74) is 0.725. The van der Waals surface area contributed by atoms with Crippen LogP contribution in [0.5, 0.6) is 0 Å². The lowest BCUT2D eigenvalue weighted by molar-refractivity contribution is -0.119. The zero-order valence-electron chi connectivity index (χ0n) is 16.9. The highest BCUT2D eigenvalue weighted by atomic mass is 32.2. The third kappa shape index (κ3) is 5.47. The number of anilines is 1. The highest BCUT2D eigenvalue weighted by Gasteiger charge is 2.27. The standard InChI is InChI=1S/C21H22N2O7S/c1-29-20(25)15-7-9-16(10-8-15)21(26)30-14-19(24)22-17-5-4-6-18(13-17)31(27,28)23-11-2-3-12-23/h4-10,13H,2-3,11-12,14H2,1H3,(H,22,24). The lowest BCUT2D eigenvalue weighted by Gasteiger charge is -2.16. The first-order valence-corrected chi connectivity index (χ1v) is 11.0. The smallest absolute Gasteiger partial charge is 0.338 e. The van der Waals surface area contributed by atoms with E-state index in [0.717, 1.165) is 12.8 Å². The van der Waals surface area contributed by atoms with Gasteiger partial charge < -0.3 is 14.8 Å². The highest BCUT2D eigenvalue weighted by molar-refractivity contribution is 7.89. The molecule has 1 aliphatic heterocycles. The van der Waals surface area contributed by atoms with Crippen molar-refractivity contribution >= 4 is 33.6 Å². The first-order chi connectivity index (χ1) is 14.8. The van der Waals surface area contributed by atoms with Crippen LogP contribution in [-0.2, 0) is 24.3 Å². The van der Waals surface area contributed by atoms with Gasteiger partial charge in [-0.2, -0.15) is 4.31 Å². The number of ether oxygens (including phenoxy) is 2. The number of hydrogen-bond acceptors (Lipinski definition) is 7. The molecule has 10 heteroatoms. The molecule has 0 unspecified atom stereocenters. The minimum Gasteiger partial charge on any atom is -0.465 e. The summed E-state index contributed by atoms with van der Waals surface area (Å²) in [7, 11) is -2.36. The molecule has 0 aliphatic carbocycles. The minimum atomic E-state index is -3.61. The Balaban J connectivity index is 1.57. The first kappa shape index (κ1) is 22.4. The van der Waals surface area contributed by atoms with E-state index >= 15 is 0 Å². The van der Waals surface area contributed by atoms with E-state index in [4.69, 9.17) is 4.74 Å². The molecule has 3 rings (SSSR count). The maximum absolute atomic E-state index is 12.6. The number of esters is 2. The summed E-state index contributed by atoms with van der Waals surface area (Å²) in [6, 6.07) is 11.5. The third-order valence-electron chi connectivity index (χ3n) is 4.70. The van der Waals surface area contributed by atoms with Crippen molar-refractivity contribution in [2.75, 3.05) is 32.1 Å². The maximum atomic E-state index is 12.6. The number of carbonyl (C=O) groups excluding carboxylic acids is 3. The summed E-state index contributed by atoms with van der Waals surface area (Å²) in [5.74, 6) is -1.89. The molecule has 0 bridgehead atoms. The largest absolute Gasteiger partial charge is 0.465 e. The summed E-state index contributed by atoms with van der Waals surface area (Å²) in [6.45, 7) is 0.408. The van der Waals surface area contributed by atoms with Crippen molar-refractivity contribution in [1.29, 1.82) is 0 Å². The van der Waals surface area contributed by atoms with Crippen molar-refractivity contribution in [3.63, 3.8) is 0 Å². The van der Waals surface area contributed by atoms with Crippen LogP contribution in [0.3, 0.4) is 0 Å². The quantitative estimate of drug-likeness (QED) is 0.647. The molecule has 31 heavy (non-hydrogen) atoms. The van der Waals surface area contributed by atoms with Gasteiger partial charge in [0.15, 0.2) is 6.61 Å². The molecule has 1 aliphatic rings. The predicted molar refractivity (Wildman–Crippen MR) is 111 cm³/mol. The molecule has 9 nitrogen and oxygen atoms in total. The van der Waals surface area contributed by atoms with Crippen LogP contribution in [0.1, 0.15) is 33.6 Å². The second-order valence-corrected chi connectivity index (χ2v) is 8.77. The van der Waals surface area contributed by atoms with E-state index < -0.39 is 34.5 Å². The van der Waals surface area contributed by atoms with Gasteiger partial charge in [0, 0.05) is 18.8 Å². The number of sulfonamides is 1. The molecule has 1 amide bonds. The molecule has 0 spiro atoms. The van der Waals surface area contributed by atoms with Gasteiger partial charge in [-0.1, -0.05) is 6.07 Å². The Morgan fingerprint density at radius 2 is 1.58 bits per heavy atom. The van der Waals surface area contributed by atoms with Crippen LogP contribution in [0, 0.1) is 0 Å². The number of benzene rings is 2. The Labute approximate surface area is 180 Å². The highest BCUT2D eigenvalue weighted by Crippen LogP contribution is 2.23. The minimum absolute atomic E-state index is 0.0925. The predicted octanol–water partition coefficient (Wildman–Crippen LogP) is 2.05. The summed E-state index contributed by atoms with van der Waals surface area (Å²) in [5, 5.41) is 2.52. The molecule has 2 aromatic rings. The van der Waals surface area contributed by atoms with Crippen LogP contribution in [0.2, 0.25) is 0 Å². The van der Waals surface area contributed by atoms with Gasteiger partial charge in [0.05, 0.1) is 23.1 Å². The maximum Gasteiger partial charge on any atom is 0.338 e. The lowest BCUT2D eigenvalue weighted by Crippen LogP contribution is -2.28. The lowest BCUT2D eigenvalue weighted by atomic mass is 10.1. The van der Waals surface area contributed by atoms with Crippen molar-refractivity contribution in [1.82, 2.24) is 4.31 Å². The topological polar surface area (TPSA) is 119 Å². The van der Waals surface area contributed by atoms with E-state index in [1.54, 1.807) is 6.07 Å². The number of carbonyl (C=O) groups is 3. The monoisotopic (exact) mass is 446 g/mol. The zero-order valence-corrected chi connectivity index (χ0v) is 17.7. The van der Waals surface area contributed by atoms with Crippen LogP contribution in [0.4, 0.5) is 5.69 Å². The van der Waals surface area contributed by atoms with Gasteiger partial charge in [0.1, 0.15) is 0 Å². The van der Waals surface area contributed by atoms with Gasteiger partial charge in [0.2, 0.25) is 10.0 Å². The van der Waals surface area contributed by atoms with Gasteiger partial charge >= 0.3 is 11.9 Å². The second kappa shape index (κ2) is 9.71. The number of hydrogen-bond donors (Lipinski definition) is 1. The van der Waals surface area contributed by atoms with E-state index in [9.17, 15) is 22.8 Å². The molecular weight excluding hydrogens is 424 g/mol. The fraction of sp³-hybridized carbons (Fsp3) is 0.286. The number of methoxy groups -OCH3 is 1. The van der Waals surface area contributed by atoms with E-state index in [-0.39, 0.29) is 21.7 Å². The molecule has 2 aromatic carbocycles. The molecular formula is C21H22N2O7S. The molecule has 0 atom stereocenters. The van der Waals surface area contributed by atoms with Gasteiger partial charge in [0.25, 0.3) is 5.91 Å². The first-order valence-electron chi connectivity index (χ1n) is 9.57. The molecule has 0 radical (unpaired) electrons. The molecule has 1 saturated heterocycles. The van der Waals surface area contributed by atoms with Gasteiger partial charge in [-0.3, -0.25) is 4.79 Å². The Hall–Kier alpha value is -3.24.